The molecule has 0 radical (unpaired) electrons. The van der Waals surface area contributed by atoms with Gasteiger partial charge in [-0.2, -0.15) is 0 Å². The van der Waals surface area contributed by atoms with Gasteiger partial charge in [0, 0.05) is 5.56 Å². The van der Waals surface area contributed by atoms with Gasteiger partial charge in [-0.05, 0) is 47.6 Å². The zero-order valence-electron chi connectivity index (χ0n) is 13.2. The quantitative estimate of drug-likeness (QED) is 0.571. The first-order chi connectivity index (χ1) is 10.7. The fourth-order valence-electron chi connectivity index (χ4n) is 2.61. The molecule has 0 amide bonds. The first kappa shape index (κ1) is 16.4. The third-order valence-corrected chi connectivity index (χ3v) is 3.94. The van der Waals surface area contributed by atoms with E-state index in [0.717, 1.165) is 29.5 Å². The van der Waals surface area contributed by atoms with Crippen molar-refractivity contribution in [1.82, 2.24) is 0 Å². The number of rotatable bonds is 6. The van der Waals surface area contributed by atoms with Crippen molar-refractivity contribution in [1.29, 1.82) is 0 Å². The summed E-state index contributed by atoms with van der Waals surface area (Å²) >= 11 is 0. The van der Waals surface area contributed by atoms with Crippen LogP contribution in [0.5, 0.6) is 0 Å². The van der Waals surface area contributed by atoms with Gasteiger partial charge in [-0.15, -0.1) is 0 Å². The lowest BCUT2D eigenvalue weighted by Gasteiger charge is -2.11. The van der Waals surface area contributed by atoms with E-state index in [2.05, 4.69) is 31.2 Å². The van der Waals surface area contributed by atoms with Crippen LogP contribution in [-0.2, 0) is 12.8 Å². The van der Waals surface area contributed by atoms with E-state index in [9.17, 15) is 8.78 Å². The SMILES string of the molecule is CCCCc1ccc(-c2ccc(/C(F)=C\F)cc2CC)cc1. The molecule has 0 saturated carbocycles. The Morgan fingerprint density at radius 1 is 1.05 bits per heavy atom. The molecule has 0 fully saturated rings. The third kappa shape index (κ3) is 3.82. The summed E-state index contributed by atoms with van der Waals surface area (Å²) in [6.07, 6.45) is 4.28. The summed E-state index contributed by atoms with van der Waals surface area (Å²) < 4.78 is 25.7. The van der Waals surface area contributed by atoms with Crippen LogP contribution in [0.3, 0.4) is 0 Å². The van der Waals surface area contributed by atoms with Gasteiger partial charge in [0.25, 0.3) is 0 Å². The third-order valence-electron chi connectivity index (χ3n) is 3.94. The first-order valence-corrected chi connectivity index (χ1v) is 7.88. The molecule has 0 aliphatic heterocycles. The second kappa shape index (κ2) is 7.88. The molecule has 0 spiro atoms. The summed E-state index contributed by atoms with van der Waals surface area (Å²) in [5, 5.41) is 0. The Morgan fingerprint density at radius 3 is 2.36 bits per heavy atom. The fourth-order valence-corrected chi connectivity index (χ4v) is 2.61. The fraction of sp³-hybridized carbons (Fsp3) is 0.300. The van der Waals surface area contributed by atoms with Crippen molar-refractivity contribution in [2.45, 2.75) is 39.5 Å². The van der Waals surface area contributed by atoms with Crippen LogP contribution in [0.25, 0.3) is 17.0 Å². The van der Waals surface area contributed by atoms with Gasteiger partial charge in [0.05, 0.1) is 0 Å². The average molecular weight is 300 g/mol. The first-order valence-electron chi connectivity index (χ1n) is 7.88. The van der Waals surface area contributed by atoms with E-state index in [0.29, 0.717) is 5.56 Å². The lowest BCUT2D eigenvalue weighted by Crippen LogP contribution is -1.91. The van der Waals surface area contributed by atoms with Crippen LogP contribution in [0.2, 0.25) is 0 Å². The zero-order valence-corrected chi connectivity index (χ0v) is 13.2. The minimum atomic E-state index is -0.823. The lowest BCUT2D eigenvalue weighted by molar-refractivity contribution is 0.671. The summed E-state index contributed by atoms with van der Waals surface area (Å²) in [7, 11) is 0. The minimum Gasteiger partial charge on any atom is -0.212 e. The molecule has 2 rings (SSSR count). The van der Waals surface area contributed by atoms with Gasteiger partial charge in [-0.25, -0.2) is 8.78 Å². The second-order valence-electron chi connectivity index (χ2n) is 5.48. The van der Waals surface area contributed by atoms with E-state index in [1.54, 1.807) is 12.1 Å². The average Bonchev–Trinajstić information content (AvgIpc) is 2.59. The highest BCUT2D eigenvalue weighted by Gasteiger charge is 2.08. The molecule has 0 saturated heterocycles. The maximum absolute atomic E-state index is 13.4. The molecule has 0 heterocycles. The predicted octanol–water partition coefficient (Wildman–Crippen LogP) is 6.50. The maximum atomic E-state index is 13.4. The van der Waals surface area contributed by atoms with Crippen molar-refractivity contribution in [2.24, 2.45) is 0 Å². The summed E-state index contributed by atoms with van der Waals surface area (Å²) in [6.45, 7) is 4.21. The van der Waals surface area contributed by atoms with Gasteiger partial charge in [-0.1, -0.05) is 56.7 Å². The van der Waals surface area contributed by atoms with Crippen LogP contribution >= 0.6 is 0 Å². The second-order valence-corrected chi connectivity index (χ2v) is 5.48. The predicted molar refractivity (Wildman–Crippen MR) is 90.1 cm³/mol. The van der Waals surface area contributed by atoms with Crippen molar-refractivity contribution in [3.63, 3.8) is 0 Å². The molecule has 0 atom stereocenters. The van der Waals surface area contributed by atoms with Crippen molar-refractivity contribution < 1.29 is 8.78 Å². The number of hydrogen-bond acceptors (Lipinski definition) is 0. The van der Waals surface area contributed by atoms with E-state index in [1.165, 1.54) is 18.4 Å². The Balaban J connectivity index is 2.31. The summed E-state index contributed by atoms with van der Waals surface area (Å²) in [6, 6.07) is 13.8. The van der Waals surface area contributed by atoms with E-state index in [4.69, 9.17) is 0 Å². The van der Waals surface area contributed by atoms with Crippen molar-refractivity contribution >= 4 is 5.83 Å². The molecular formula is C20H22F2. The molecule has 2 aromatic carbocycles. The highest BCUT2D eigenvalue weighted by Crippen LogP contribution is 2.28. The Bertz CT molecular complexity index is 639. The normalized spacial score (nSPS) is 11.7. The number of aryl methyl sites for hydroxylation is 2. The van der Waals surface area contributed by atoms with Crippen LogP contribution in [0.4, 0.5) is 8.78 Å². The van der Waals surface area contributed by atoms with E-state index < -0.39 is 5.83 Å². The number of benzene rings is 2. The Morgan fingerprint density at radius 2 is 1.77 bits per heavy atom. The van der Waals surface area contributed by atoms with Gasteiger partial charge >= 0.3 is 0 Å². The Hall–Kier alpha value is -1.96. The molecule has 0 bridgehead atoms. The van der Waals surface area contributed by atoms with Crippen LogP contribution in [0.15, 0.2) is 48.8 Å². The van der Waals surface area contributed by atoms with E-state index >= 15 is 0 Å². The molecular weight excluding hydrogens is 278 g/mol. The molecule has 0 unspecified atom stereocenters. The Labute approximate surface area is 131 Å². The molecule has 0 aliphatic rings. The molecule has 116 valence electrons. The van der Waals surface area contributed by atoms with Gasteiger partial charge < -0.3 is 0 Å². The van der Waals surface area contributed by atoms with Crippen molar-refractivity contribution in [3.8, 4) is 11.1 Å². The monoisotopic (exact) mass is 300 g/mol. The molecule has 0 aliphatic carbocycles. The van der Waals surface area contributed by atoms with Crippen molar-refractivity contribution in [3.05, 3.63) is 65.5 Å². The molecule has 2 heteroatoms. The van der Waals surface area contributed by atoms with E-state index in [1.807, 2.05) is 13.0 Å². The van der Waals surface area contributed by atoms with Gasteiger partial charge in [0.2, 0.25) is 0 Å². The van der Waals surface area contributed by atoms with Crippen molar-refractivity contribution in [2.75, 3.05) is 0 Å². The summed E-state index contributed by atoms with van der Waals surface area (Å²) in [4.78, 5) is 0. The molecule has 2 aromatic rings. The standard InChI is InChI=1S/C20H22F2/c1-3-5-6-15-7-9-17(10-8-15)19-12-11-18(20(22)14-21)13-16(19)4-2/h7-14H,3-6H2,1-2H3/b20-14+. The number of unbranched alkanes of at least 4 members (excludes halogenated alkanes) is 1. The van der Waals surface area contributed by atoms with E-state index in [-0.39, 0.29) is 6.33 Å². The van der Waals surface area contributed by atoms with Gasteiger partial charge in [0.15, 0.2) is 5.83 Å². The zero-order chi connectivity index (χ0) is 15.9. The van der Waals surface area contributed by atoms with Gasteiger partial charge in [-0.3, -0.25) is 0 Å². The lowest BCUT2D eigenvalue weighted by atomic mass is 9.94. The highest BCUT2D eigenvalue weighted by molar-refractivity contribution is 5.71. The van der Waals surface area contributed by atoms with Crippen LogP contribution < -0.4 is 0 Å². The summed E-state index contributed by atoms with van der Waals surface area (Å²) in [5.41, 5.74) is 4.86. The molecule has 0 N–H and O–H groups in total. The van der Waals surface area contributed by atoms with Crippen LogP contribution in [-0.4, -0.2) is 0 Å². The number of hydrogen-bond donors (Lipinski definition) is 0. The smallest absolute Gasteiger partial charge is 0.158 e. The minimum absolute atomic E-state index is 0.0109. The molecule has 0 nitrogen and oxygen atoms in total. The molecule has 22 heavy (non-hydrogen) atoms. The topological polar surface area (TPSA) is 0 Å². The number of halogens is 2. The Kier molecular flexibility index (Phi) is 5.88. The van der Waals surface area contributed by atoms with Crippen LogP contribution in [0.1, 0.15) is 43.4 Å². The summed E-state index contributed by atoms with van der Waals surface area (Å²) in [5.74, 6) is -0.823. The van der Waals surface area contributed by atoms with Crippen LogP contribution in [0, 0.1) is 0 Å². The van der Waals surface area contributed by atoms with Gasteiger partial charge in [0.1, 0.15) is 6.33 Å². The largest absolute Gasteiger partial charge is 0.212 e. The maximum Gasteiger partial charge on any atom is 0.158 e. The molecule has 0 aromatic heterocycles. The highest BCUT2D eigenvalue weighted by atomic mass is 19.2.